The van der Waals surface area contributed by atoms with Gasteiger partial charge in [0.15, 0.2) is 17.2 Å². The van der Waals surface area contributed by atoms with Gasteiger partial charge in [0.2, 0.25) is 0 Å². The number of nitrogens with one attached hydrogen (secondary N) is 1. The topological polar surface area (TPSA) is 153 Å². The number of aromatic hydroxyl groups is 1. The molecule has 64 heavy (non-hydrogen) atoms. The van der Waals surface area contributed by atoms with Gasteiger partial charge in [-0.1, -0.05) is 69.3 Å². The zero-order valence-electron chi connectivity index (χ0n) is 39.2. The molecular formula is C50H64N4O9Si. The van der Waals surface area contributed by atoms with Crippen LogP contribution in [-0.4, -0.2) is 110 Å². The Balaban J connectivity index is 1.40. The van der Waals surface area contributed by atoms with Crippen LogP contribution in [0, 0.1) is 25.2 Å². The average Bonchev–Trinajstić information content (AvgIpc) is 3.58. The van der Waals surface area contributed by atoms with Crippen LogP contribution >= 0.6 is 0 Å². The third-order valence-corrected chi connectivity index (χ3v) is 17.3. The maximum Gasteiger partial charge on any atom is 0.407 e. The fourth-order valence-electron chi connectivity index (χ4n) is 8.66. The van der Waals surface area contributed by atoms with E-state index in [-0.39, 0.29) is 36.2 Å². The van der Waals surface area contributed by atoms with E-state index in [4.69, 9.17) is 37.8 Å². The van der Waals surface area contributed by atoms with Crippen molar-refractivity contribution in [2.45, 2.75) is 89.6 Å². The van der Waals surface area contributed by atoms with Crippen molar-refractivity contribution >= 4 is 20.6 Å². The number of nitriles is 1. The molecule has 1 saturated heterocycles. The van der Waals surface area contributed by atoms with E-state index >= 15 is 0 Å². The average molecular weight is 893 g/mol. The lowest BCUT2D eigenvalue weighted by Gasteiger charge is -2.37. The molecule has 1 aliphatic carbocycles. The van der Waals surface area contributed by atoms with Gasteiger partial charge in [0.05, 0.1) is 59.8 Å². The number of carbonyl (C=O) groups is 1. The van der Waals surface area contributed by atoms with Crippen LogP contribution in [0.1, 0.15) is 60.1 Å². The van der Waals surface area contributed by atoms with E-state index in [0.717, 1.165) is 33.4 Å². The van der Waals surface area contributed by atoms with Crippen LogP contribution in [0.25, 0.3) is 11.1 Å². The van der Waals surface area contributed by atoms with E-state index in [1.807, 2.05) is 44.2 Å². The quantitative estimate of drug-likeness (QED) is 0.0773. The number of methoxy groups -OCH3 is 4. The molecule has 6 rings (SSSR count). The molecule has 1 aliphatic heterocycles. The first kappa shape index (κ1) is 47.7. The third kappa shape index (κ3) is 10.1. The minimum absolute atomic E-state index is 0.0501. The Morgan fingerprint density at radius 2 is 1.44 bits per heavy atom. The van der Waals surface area contributed by atoms with Gasteiger partial charge in [-0.3, -0.25) is 9.89 Å². The molecule has 0 spiro atoms. The van der Waals surface area contributed by atoms with E-state index in [1.165, 1.54) is 7.11 Å². The highest BCUT2D eigenvalue weighted by Gasteiger charge is 2.40. The predicted octanol–water partition coefficient (Wildman–Crippen LogP) is 8.78. The summed E-state index contributed by atoms with van der Waals surface area (Å²) < 4.78 is 41.9. The summed E-state index contributed by atoms with van der Waals surface area (Å²) in [7, 11) is 3.93. The molecule has 1 amide bonds. The highest BCUT2D eigenvalue weighted by molar-refractivity contribution is 6.74. The molecule has 2 N–H and O–H groups in total. The van der Waals surface area contributed by atoms with Gasteiger partial charge in [0.25, 0.3) is 8.32 Å². The molecule has 14 heteroatoms. The first-order valence-corrected chi connectivity index (χ1v) is 24.7. The Morgan fingerprint density at radius 1 is 0.891 bits per heavy atom. The van der Waals surface area contributed by atoms with Crippen molar-refractivity contribution in [2.75, 3.05) is 61.3 Å². The van der Waals surface area contributed by atoms with Gasteiger partial charge in [-0.05, 0) is 66.4 Å². The number of fused-ring (bicyclic) bond motifs is 3. The lowest BCUT2D eigenvalue weighted by atomic mass is 9.95. The molecule has 3 atom stereocenters. The number of rotatable bonds is 17. The number of morpholine rings is 1. The first-order chi connectivity index (χ1) is 30.6. The smallest absolute Gasteiger partial charge is 0.407 e. The van der Waals surface area contributed by atoms with Crippen LogP contribution in [0.3, 0.4) is 0 Å². The standard InChI is InChI=1S/C50H64N4O9Si/c1-31-45(57-6)34(26-43(55)47(31)59-8)25-41(42(28-51)54-20-22-61-23-21-54)52-29-35(24-33-27-44(63-64(10,11)50(3,4)5)48(60-9)32(2)46(33)58-7)53-49(56)62-30-40-38-18-14-12-16-36(38)37-17-13-15-19-39(37)40/h12-19,26-27,29,35,40-42,55H,20-25,30H2,1-11H3,(H,53,56)/t35-,41-,42-/m0/s1. The molecule has 342 valence electrons. The van der Waals surface area contributed by atoms with Crippen LogP contribution in [0.15, 0.2) is 65.7 Å². The van der Waals surface area contributed by atoms with Crippen molar-refractivity contribution in [1.29, 1.82) is 5.26 Å². The third-order valence-electron chi connectivity index (χ3n) is 12.9. The molecule has 0 bridgehead atoms. The van der Waals surface area contributed by atoms with Crippen molar-refractivity contribution in [3.63, 3.8) is 0 Å². The maximum absolute atomic E-state index is 14.1. The van der Waals surface area contributed by atoms with Gasteiger partial charge in [0, 0.05) is 60.3 Å². The van der Waals surface area contributed by atoms with Crippen LogP contribution in [0.5, 0.6) is 34.5 Å². The normalized spacial score (nSPS) is 15.7. The van der Waals surface area contributed by atoms with Crippen molar-refractivity contribution in [3.8, 4) is 51.7 Å². The zero-order chi connectivity index (χ0) is 46.3. The highest BCUT2D eigenvalue weighted by atomic mass is 28.4. The van der Waals surface area contributed by atoms with Crippen LogP contribution < -0.4 is 28.7 Å². The van der Waals surface area contributed by atoms with Crippen molar-refractivity contribution in [3.05, 3.63) is 94.0 Å². The van der Waals surface area contributed by atoms with E-state index in [1.54, 1.807) is 33.6 Å². The Kier molecular flexibility index (Phi) is 15.2. The maximum atomic E-state index is 14.1. The fraction of sp³-hybridized carbons (Fsp3) is 0.460. The van der Waals surface area contributed by atoms with E-state index in [0.29, 0.717) is 66.2 Å². The fourth-order valence-corrected chi connectivity index (χ4v) is 9.67. The number of phenolic OH excluding ortho intramolecular Hbond substituents is 1. The summed E-state index contributed by atoms with van der Waals surface area (Å²) in [5, 5.41) is 24.8. The SMILES string of the molecule is COc1c(O)cc(C[C@H](N=C[C@H](Cc2cc(O[Si](C)(C)C(C)(C)C)c(OC)c(C)c2OC)NC(=O)OCC2c3ccccc3-c3ccccc32)[C@H](C#N)N2CCOCC2)c(OC)c1C. The van der Waals surface area contributed by atoms with Gasteiger partial charge in [-0.25, -0.2) is 4.79 Å². The highest BCUT2D eigenvalue weighted by Crippen LogP contribution is 2.46. The molecule has 0 unspecified atom stereocenters. The summed E-state index contributed by atoms with van der Waals surface area (Å²) in [5.74, 6) is 2.39. The largest absolute Gasteiger partial charge is 0.541 e. The second-order valence-corrected chi connectivity index (χ2v) is 22.6. The van der Waals surface area contributed by atoms with Gasteiger partial charge >= 0.3 is 6.09 Å². The number of ether oxygens (including phenoxy) is 6. The van der Waals surface area contributed by atoms with E-state index in [2.05, 4.69) is 74.4 Å². The Morgan fingerprint density at radius 3 is 1.98 bits per heavy atom. The molecule has 0 saturated carbocycles. The number of aliphatic imine (C=N–C) groups is 1. The number of alkyl carbamates (subject to hydrolysis) is 1. The second-order valence-electron chi connectivity index (χ2n) is 17.9. The molecule has 13 nitrogen and oxygen atoms in total. The van der Waals surface area contributed by atoms with Crippen LogP contribution in [0.2, 0.25) is 18.1 Å². The molecule has 1 fully saturated rings. The number of hydrogen-bond acceptors (Lipinski definition) is 12. The van der Waals surface area contributed by atoms with Gasteiger partial charge < -0.3 is 43.3 Å². The summed E-state index contributed by atoms with van der Waals surface area (Å²) in [6, 6.07) is 20.3. The summed E-state index contributed by atoms with van der Waals surface area (Å²) in [6.07, 6.45) is 1.51. The predicted molar refractivity (Wildman–Crippen MR) is 252 cm³/mol. The van der Waals surface area contributed by atoms with Crippen molar-refractivity contribution in [2.24, 2.45) is 4.99 Å². The van der Waals surface area contributed by atoms with Crippen molar-refractivity contribution in [1.82, 2.24) is 10.2 Å². The number of benzene rings is 4. The number of phenols is 1. The molecular weight excluding hydrogens is 829 g/mol. The van der Waals surface area contributed by atoms with Crippen molar-refractivity contribution < 1.29 is 42.7 Å². The first-order valence-electron chi connectivity index (χ1n) is 21.8. The van der Waals surface area contributed by atoms with E-state index < -0.39 is 32.5 Å². The Hall–Kier alpha value is -5.75. The summed E-state index contributed by atoms with van der Waals surface area (Å²) in [6.45, 7) is 16.8. The summed E-state index contributed by atoms with van der Waals surface area (Å²) in [5.41, 5.74) is 7.24. The lowest BCUT2D eigenvalue weighted by Crippen LogP contribution is -2.49. The molecule has 0 radical (unpaired) electrons. The zero-order valence-corrected chi connectivity index (χ0v) is 40.2. The second kappa shape index (κ2) is 20.4. The minimum Gasteiger partial charge on any atom is -0.541 e. The number of amides is 1. The lowest BCUT2D eigenvalue weighted by molar-refractivity contribution is 0.0227. The molecule has 1 heterocycles. The number of nitrogens with zero attached hydrogens (tertiary/aromatic N) is 3. The molecule has 0 aromatic heterocycles. The van der Waals surface area contributed by atoms with E-state index in [9.17, 15) is 15.2 Å². The van der Waals surface area contributed by atoms with Gasteiger partial charge in [0.1, 0.15) is 29.9 Å². The minimum atomic E-state index is -2.35. The monoisotopic (exact) mass is 892 g/mol. The Bertz CT molecular complexity index is 2320. The molecule has 2 aliphatic rings. The van der Waals surface area contributed by atoms with Gasteiger partial charge in [-0.15, -0.1) is 0 Å². The number of hydrogen-bond donors (Lipinski definition) is 2. The van der Waals surface area contributed by atoms with Gasteiger partial charge in [-0.2, -0.15) is 5.26 Å². The van der Waals surface area contributed by atoms with Crippen LogP contribution in [0.4, 0.5) is 4.79 Å². The molecule has 4 aromatic carbocycles. The molecule has 4 aromatic rings. The summed E-state index contributed by atoms with van der Waals surface area (Å²) >= 11 is 0. The Labute approximate surface area is 379 Å². The van der Waals surface area contributed by atoms with Crippen LogP contribution in [-0.2, 0) is 22.3 Å². The number of carbonyl (C=O) groups excluding carboxylic acids is 1. The summed E-state index contributed by atoms with van der Waals surface area (Å²) in [4.78, 5) is 21.3.